The molecule has 0 aliphatic carbocycles. The molecular formula is C17H17N3O. The van der Waals surface area contributed by atoms with E-state index in [1.165, 1.54) is 0 Å². The molecule has 0 aliphatic heterocycles. The molecule has 0 aromatic heterocycles. The average molecular weight is 279 g/mol. The van der Waals surface area contributed by atoms with Crippen LogP contribution in [0.15, 0.2) is 54.6 Å². The second-order valence-electron chi connectivity index (χ2n) is 4.82. The van der Waals surface area contributed by atoms with Gasteiger partial charge in [-0.2, -0.15) is 5.26 Å². The number of nitriles is 1. The monoisotopic (exact) mass is 279 g/mol. The summed E-state index contributed by atoms with van der Waals surface area (Å²) in [5.41, 5.74) is 8.22. The van der Waals surface area contributed by atoms with Gasteiger partial charge in [0.2, 0.25) is 5.91 Å². The van der Waals surface area contributed by atoms with Crippen LogP contribution in [-0.4, -0.2) is 17.4 Å². The molecule has 0 unspecified atom stereocenters. The Kier molecular flexibility index (Phi) is 4.94. The first-order valence-electron chi connectivity index (χ1n) is 6.72. The molecule has 0 bridgehead atoms. The topological polar surface area (TPSA) is 70.1 Å². The van der Waals surface area contributed by atoms with Crippen molar-refractivity contribution in [1.29, 1.82) is 5.26 Å². The summed E-state index contributed by atoms with van der Waals surface area (Å²) in [5, 5.41) is 8.91. The summed E-state index contributed by atoms with van der Waals surface area (Å²) >= 11 is 0. The number of nitrogens with two attached hydrogens (primary N) is 1. The molecule has 2 aromatic rings. The van der Waals surface area contributed by atoms with E-state index in [1.807, 2.05) is 48.5 Å². The van der Waals surface area contributed by atoms with E-state index in [0.29, 0.717) is 12.2 Å². The Morgan fingerprint density at radius 1 is 1.10 bits per heavy atom. The van der Waals surface area contributed by atoms with Gasteiger partial charge in [-0.15, -0.1) is 0 Å². The number of benzene rings is 2. The number of hydrogen-bond donors (Lipinski definition) is 1. The molecule has 0 spiro atoms. The zero-order chi connectivity index (χ0) is 15.1. The lowest BCUT2D eigenvalue weighted by atomic mass is 10.1. The van der Waals surface area contributed by atoms with E-state index in [0.717, 1.165) is 11.1 Å². The number of amides is 1. The van der Waals surface area contributed by atoms with Gasteiger partial charge < -0.3 is 10.6 Å². The summed E-state index contributed by atoms with van der Waals surface area (Å²) < 4.78 is 0. The Hall–Kier alpha value is -2.80. The maximum atomic E-state index is 12.4. The number of carbonyl (C=O) groups excluding carboxylic acids is 1. The summed E-state index contributed by atoms with van der Waals surface area (Å²) in [6.07, 6.45) is 0.250. The van der Waals surface area contributed by atoms with E-state index >= 15 is 0 Å². The average Bonchev–Trinajstić information content (AvgIpc) is 2.48. The molecule has 0 radical (unpaired) electrons. The van der Waals surface area contributed by atoms with Crippen LogP contribution in [0.1, 0.15) is 11.1 Å². The SMILES string of the molecule is N#CCN(Cc1ccccc1)C(=O)Cc1cccc(N)c1. The van der Waals surface area contributed by atoms with Crippen molar-refractivity contribution < 1.29 is 4.79 Å². The fourth-order valence-corrected chi connectivity index (χ4v) is 2.11. The van der Waals surface area contributed by atoms with Gasteiger partial charge in [0.15, 0.2) is 0 Å². The standard InChI is InChI=1S/C17H17N3O/c18-9-10-20(13-14-5-2-1-3-6-14)17(21)12-15-7-4-8-16(19)11-15/h1-8,11H,10,12-13,19H2. The predicted octanol–water partition coefficient (Wildman–Crippen LogP) is 2.36. The van der Waals surface area contributed by atoms with E-state index in [-0.39, 0.29) is 18.9 Å². The highest BCUT2D eigenvalue weighted by Crippen LogP contribution is 2.11. The van der Waals surface area contributed by atoms with E-state index in [4.69, 9.17) is 11.0 Å². The van der Waals surface area contributed by atoms with Crippen LogP contribution in [0.3, 0.4) is 0 Å². The smallest absolute Gasteiger partial charge is 0.228 e. The minimum atomic E-state index is -0.0778. The largest absolute Gasteiger partial charge is 0.399 e. The van der Waals surface area contributed by atoms with Gasteiger partial charge in [0.05, 0.1) is 12.5 Å². The maximum Gasteiger partial charge on any atom is 0.228 e. The van der Waals surface area contributed by atoms with Crippen molar-refractivity contribution in [2.75, 3.05) is 12.3 Å². The first-order valence-corrected chi connectivity index (χ1v) is 6.72. The Labute approximate surface area is 124 Å². The number of rotatable bonds is 5. The molecular weight excluding hydrogens is 262 g/mol. The van der Waals surface area contributed by atoms with Crippen LogP contribution >= 0.6 is 0 Å². The molecule has 2 aromatic carbocycles. The number of nitrogens with zero attached hydrogens (tertiary/aromatic N) is 2. The summed E-state index contributed by atoms with van der Waals surface area (Å²) in [6, 6.07) is 18.9. The molecule has 0 aliphatic rings. The number of carbonyl (C=O) groups is 1. The van der Waals surface area contributed by atoms with Crippen LogP contribution in [0, 0.1) is 11.3 Å². The van der Waals surface area contributed by atoms with E-state index < -0.39 is 0 Å². The number of hydrogen-bond acceptors (Lipinski definition) is 3. The van der Waals surface area contributed by atoms with Crippen molar-refractivity contribution >= 4 is 11.6 Å². The Balaban J connectivity index is 2.07. The zero-order valence-electron chi connectivity index (χ0n) is 11.7. The molecule has 2 N–H and O–H groups in total. The number of anilines is 1. The summed E-state index contributed by atoms with van der Waals surface area (Å²) in [6.45, 7) is 0.519. The second kappa shape index (κ2) is 7.11. The lowest BCUT2D eigenvalue weighted by Gasteiger charge is -2.20. The van der Waals surface area contributed by atoms with E-state index in [9.17, 15) is 4.79 Å². The van der Waals surface area contributed by atoms with Gasteiger partial charge in [0.25, 0.3) is 0 Å². The molecule has 106 valence electrons. The van der Waals surface area contributed by atoms with E-state index in [2.05, 4.69) is 0 Å². The Morgan fingerprint density at radius 2 is 1.81 bits per heavy atom. The zero-order valence-corrected chi connectivity index (χ0v) is 11.7. The Bertz CT molecular complexity index is 647. The van der Waals surface area contributed by atoms with Crippen molar-refractivity contribution in [3.8, 4) is 6.07 Å². The predicted molar refractivity (Wildman–Crippen MR) is 82.0 cm³/mol. The third-order valence-corrected chi connectivity index (χ3v) is 3.14. The van der Waals surface area contributed by atoms with Crippen molar-refractivity contribution in [3.05, 3.63) is 65.7 Å². The van der Waals surface area contributed by atoms with Crippen LogP contribution in [0.25, 0.3) is 0 Å². The third-order valence-electron chi connectivity index (χ3n) is 3.14. The third kappa shape index (κ3) is 4.36. The molecule has 4 nitrogen and oxygen atoms in total. The molecule has 0 heterocycles. The lowest BCUT2D eigenvalue weighted by Crippen LogP contribution is -2.32. The highest BCUT2D eigenvalue weighted by atomic mass is 16.2. The van der Waals surface area contributed by atoms with Crippen LogP contribution in [-0.2, 0) is 17.8 Å². The summed E-state index contributed by atoms with van der Waals surface area (Å²) in [4.78, 5) is 13.9. The molecule has 21 heavy (non-hydrogen) atoms. The van der Waals surface area contributed by atoms with Gasteiger partial charge >= 0.3 is 0 Å². The lowest BCUT2D eigenvalue weighted by molar-refractivity contribution is -0.130. The molecule has 2 rings (SSSR count). The van der Waals surface area contributed by atoms with Crippen molar-refractivity contribution in [2.45, 2.75) is 13.0 Å². The molecule has 0 saturated carbocycles. The molecule has 0 saturated heterocycles. The van der Waals surface area contributed by atoms with Gasteiger partial charge in [-0.25, -0.2) is 0 Å². The van der Waals surface area contributed by atoms with Crippen LogP contribution in [0.5, 0.6) is 0 Å². The van der Waals surface area contributed by atoms with Crippen LogP contribution in [0.2, 0.25) is 0 Å². The molecule has 4 heteroatoms. The van der Waals surface area contributed by atoms with Crippen molar-refractivity contribution in [1.82, 2.24) is 4.90 Å². The van der Waals surface area contributed by atoms with Gasteiger partial charge in [-0.05, 0) is 23.3 Å². The first kappa shape index (κ1) is 14.6. The highest BCUT2D eigenvalue weighted by molar-refractivity contribution is 5.79. The summed E-state index contributed by atoms with van der Waals surface area (Å²) in [7, 11) is 0. The molecule has 0 atom stereocenters. The van der Waals surface area contributed by atoms with Crippen LogP contribution < -0.4 is 5.73 Å². The molecule has 0 fully saturated rings. The number of nitrogen functional groups attached to an aromatic ring is 1. The van der Waals surface area contributed by atoms with Gasteiger partial charge in [0.1, 0.15) is 6.54 Å². The van der Waals surface area contributed by atoms with E-state index in [1.54, 1.807) is 17.0 Å². The fourth-order valence-electron chi connectivity index (χ4n) is 2.11. The quantitative estimate of drug-likeness (QED) is 0.674. The van der Waals surface area contributed by atoms with Crippen LogP contribution in [0.4, 0.5) is 5.69 Å². The second-order valence-corrected chi connectivity index (χ2v) is 4.82. The van der Waals surface area contributed by atoms with Crippen molar-refractivity contribution in [3.63, 3.8) is 0 Å². The minimum absolute atomic E-state index is 0.0778. The normalized spacial score (nSPS) is 9.86. The molecule has 1 amide bonds. The van der Waals surface area contributed by atoms with Crippen molar-refractivity contribution in [2.24, 2.45) is 0 Å². The Morgan fingerprint density at radius 3 is 2.48 bits per heavy atom. The highest BCUT2D eigenvalue weighted by Gasteiger charge is 2.14. The fraction of sp³-hybridized carbons (Fsp3) is 0.176. The first-order chi connectivity index (χ1) is 10.2. The minimum Gasteiger partial charge on any atom is -0.399 e. The van der Waals surface area contributed by atoms with Gasteiger partial charge in [-0.1, -0.05) is 42.5 Å². The van der Waals surface area contributed by atoms with Gasteiger partial charge in [0, 0.05) is 12.2 Å². The van der Waals surface area contributed by atoms with Gasteiger partial charge in [-0.3, -0.25) is 4.79 Å². The maximum absolute atomic E-state index is 12.4. The summed E-state index contributed by atoms with van der Waals surface area (Å²) in [5.74, 6) is -0.0778.